The number of nitrogens with zero attached hydrogens (tertiary/aromatic N) is 4. The van der Waals surface area contributed by atoms with Crippen LogP contribution in [0.3, 0.4) is 0 Å². The van der Waals surface area contributed by atoms with Gasteiger partial charge < -0.3 is 24.6 Å². The fourth-order valence-corrected chi connectivity index (χ4v) is 12.4. The molecule has 0 aliphatic carbocycles. The first-order valence-corrected chi connectivity index (χ1v) is 24.2. The van der Waals surface area contributed by atoms with Gasteiger partial charge in [0.1, 0.15) is 8.07 Å². The topological polar surface area (TPSA) is 26.7 Å². The Kier molecular flexibility index (Phi) is 10.7. The zero-order valence-electron chi connectivity index (χ0n) is 36.0. The maximum Gasteiger partial charge on any atom is 0.117 e. The Labute approximate surface area is 361 Å². The number of hydrogen-bond acceptors (Lipinski definition) is 4. The van der Waals surface area contributed by atoms with Crippen molar-refractivity contribution < 1.29 is 0 Å². The van der Waals surface area contributed by atoms with Gasteiger partial charge in [-0.2, -0.15) is 0 Å². The zero-order valence-corrected chi connectivity index (χ0v) is 37.0. The lowest BCUT2D eigenvalue weighted by Crippen LogP contribution is -2.58. The first-order valence-electron chi connectivity index (χ1n) is 21.2. The van der Waals surface area contributed by atoms with E-state index in [0.29, 0.717) is 0 Å². The summed E-state index contributed by atoms with van der Waals surface area (Å²) in [6.45, 7) is 4.88. The van der Waals surface area contributed by atoms with E-state index in [1.54, 1.807) is 10.4 Å². The molecule has 0 atom stereocenters. The molecule has 1 aromatic heterocycles. The van der Waals surface area contributed by atoms with E-state index in [0.717, 1.165) is 6.42 Å². The summed E-state index contributed by atoms with van der Waals surface area (Å²) in [5.74, 6) is 0. The van der Waals surface area contributed by atoms with Crippen LogP contribution in [0.25, 0.3) is 21.8 Å². The summed E-state index contributed by atoms with van der Waals surface area (Å²) in [5, 5.41) is 9.19. The van der Waals surface area contributed by atoms with Gasteiger partial charge in [0.2, 0.25) is 0 Å². The third kappa shape index (κ3) is 7.34. The average Bonchev–Trinajstić information content (AvgIpc) is 3.60. The lowest BCUT2D eigenvalue weighted by molar-refractivity contribution is 1.01. The number of aromatic nitrogens is 1. The number of anilines is 8. The second-order valence-corrected chi connectivity index (χ2v) is 20.9. The average molecular weight is 812 g/mol. The lowest BCUT2D eigenvalue weighted by Gasteiger charge is -2.39. The van der Waals surface area contributed by atoms with Crippen molar-refractivity contribution in [2.75, 3.05) is 41.2 Å². The first kappa shape index (κ1) is 39.4. The minimum Gasteiger partial charge on any atom is -0.352 e. The van der Waals surface area contributed by atoms with Crippen LogP contribution in [-0.2, 0) is 13.5 Å². The van der Waals surface area contributed by atoms with Crippen LogP contribution in [0.2, 0.25) is 13.1 Å². The highest BCUT2D eigenvalue weighted by Gasteiger charge is 2.36. The molecule has 1 N–H and O–H groups in total. The van der Waals surface area contributed by atoms with Gasteiger partial charge in [-0.15, -0.1) is 0 Å². The largest absolute Gasteiger partial charge is 0.352 e. The van der Waals surface area contributed by atoms with Gasteiger partial charge in [0.05, 0.1) is 22.7 Å². The quantitative estimate of drug-likeness (QED) is 0.154. The van der Waals surface area contributed by atoms with E-state index in [4.69, 9.17) is 0 Å². The molecular formula is C55H53N5Si. The van der Waals surface area contributed by atoms with Crippen LogP contribution in [0.1, 0.15) is 11.1 Å². The minimum atomic E-state index is -1.52. The normalized spacial score (nSPS) is 13.5. The molecule has 3 aliphatic rings. The van der Waals surface area contributed by atoms with E-state index < -0.39 is 8.07 Å². The molecule has 9 aromatic rings. The molecule has 302 valence electrons. The van der Waals surface area contributed by atoms with Gasteiger partial charge in [0.25, 0.3) is 0 Å². The highest BCUT2D eigenvalue weighted by Crippen LogP contribution is 2.42. The molecule has 8 aromatic carbocycles. The summed E-state index contributed by atoms with van der Waals surface area (Å²) in [4.78, 5) is 6.80. The molecule has 0 saturated carbocycles. The summed E-state index contributed by atoms with van der Waals surface area (Å²) in [7, 11) is 7.00. The molecular weight excluding hydrogens is 759 g/mol. The monoisotopic (exact) mass is 811 g/mol. The van der Waals surface area contributed by atoms with Crippen LogP contribution in [0.4, 0.5) is 45.5 Å². The van der Waals surface area contributed by atoms with E-state index >= 15 is 0 Å². The SMILES string of the molecule is CN1c2ccccc2Cc2ccccc21.CN1c2ccccc2Nc2ccccc21.CN1c2ccccc2[Si](C)(C)c2ccccc21.Cn1c2ccccc2c2ccccc21. The van der Waals surface area contributed by atoms with Crippen LogP contribution >= 0.6 is 0 Å². The Morgan fingerprint density at radius 2 is 0.689 bits per heavy atom. The van der Waals surface area contributed by atoms with E-state index in [2.05, 4.69) is 248 Å². The molecule has 4 heterocycles. The fraction of sp³-hybridized carbons (Fsp3) is 0.127. The van der Waals surface area contributed by atoms with Crippen molar-refractivity contribution in [2.45, 2.75) is 19.5 Å². The van der Waals surface area contributed by atoms with E-state index in [1.165, 1.54) is 78.4 Å². The molecule has 0 spiro atoms. The maximum absolute atomic E-state index is 3.43. The highest BCUT2D eigenvalue weighted by atomic mass is 28.3. The number of aryl methyl sites for hydroxylation is 1. The minimum absolute atomic E-state index is 1.05. The van der Waals surface area contributed by atoms with E-state index in [-0.39, 0.29) is 0 Å². The summed E-state index contributed by atoms with van der Waals surface area (Å²) < 4.78 is 2.24. The molecule has 0 amide bonds. The molecule has 3 aliphatic heterocycles. The van der Waals surface area contributed by atoms with Crippen molar-refractivity contribution in [3.8, 4) is 0 Å². The van der Waals surface area contributed by atoms with Crippen molar-refractivity contribution >= 4 is 85.8 Å². The predicted molar refractivity (Wildman–Crippen MR) is 266 cm³/mol. The first-order chi connectivity index (χ1) is 29.7. The van der Waals surface area contributed by atoms with Crippen molar-refractivity contribution in [3.05, 3.63) is 205 Å². The van der Waals surface area contributed by atoms with Crippen molar-refractivity contribution in [3.63, 3.8) is 0 Å². The standard InChI is InChI=1S/C15H17NSi.C14H13N.C13H12N2.C13H11N/c1-16-12-8-4-6-10-14(12)17(2,3)15-11-7-5-9-13(15)16;1-15-13-8-4-2-6-11(13)10-12-7-3-5-9-14(12)15;1-15-12-8-4-2-6-10(12)14-11-7-3-5-9-13(11)15;1-14-12-8-4-2-6-10(12)11-7-3-5-9-13(11)14/h4-11H,1-3H3;2-9H,10H2,1H3;2-9,14H,1H3;2-9H,1H3. The molecule has 6 heteroatoms. The number of benzene rings is 8. The predicted octanol–water partition coefficient (Wildman–Crippen LogP) is 12.8. The van der Waals surface area contributed by atoms with Crippen molar-refractivity contribution in [1.82, 2.24) is 4.57 Å². The molecule has 61 heavy (non-hydrogen) atoms. The Morgan fingerprint density at radius 1 is 0.361 bits per heavy atom. The second kappa shape index (κ2) is 16.6. The van der Waals surface area contributed by atoms with Crippen LogP contribution < -0.4 is 30.4 Å². The van der Waals surface area contributed by atoms with E-state index in [9.17, 15) is 0 Å². The van der Waals surface area contributed by atoms with Gasteiger partial charge in [-0.05, 0) is 82.2 Å². The Morgan fingerprint density at radius 3 is 1.16 bits per heavy atom. The number of hydrogen-bond donors (Lipinski definition) is 1. The smallest absolute Gasteiger partial charge is 0.117 e. The number of rotatable bonds is 0. The molecule has 0 fully saturated rings. The van der Waals surface area contributed by atoms with Gasteiger partial charge >= 0.3 is 0 Å². The molecule has 0 saturated heterocycles. The Hall–Kier alpha value is -7.02. The van der Waals surface area contributed by atoms with Gasteiger partial charge in [-0.3, -0.25) is 0 Å². The molecule has 0 bridgehead atoms. The zero-order chi connectivity index (χ0) is 42.1. The van der Waals surface area contributed by atoms with Gasteiger partial charge in [-0.25, -0.2) is 0 Å². The summed E-state index contributed by atoms with van der Waals surface area (Å²) in [6, 6.07) is 68.6. The number of nitrogens with one attached hydrogen (secondary N) is 1. The van der Waals surface area contributed by atoms with Crippen LogP contribution in [0.5, 0.6) is 0 Å². The third-order valence-corrected chi connectivity index (χ3v) is 16.1. The van der Waals surface area contributed by atoms with Crippen molar-refractivity contribution in [1.29, 1.82) is 0 Å². The molecule has 0 unspecified atom stereocenters. The lowest BCUT2D eigenvalue weighted by atomic mass is 9.96. The van der Waals surface area contributed by atoms with Crippen LogP contribution in [-0.4, -0.2) is 33.8 Å². The van der Waals surface area contributed by atoms with Crippen LogP contribution in [0.15, 0.2) is 194 Å². The Balaban J connectivity index is 0.000000104. The van der Waals surface area contributed by atoms with Crippen LogP contribution in [0, 0.1) is 0 Å². The second-order valence-electron chi connectivity index (χ2n) is 16.5. The van der Waals surface area contributed by atoms with E-state index in [1.807, 2.05) is 12.1 Å². The van der Waals surface area contributed by atoms with Gasteiger partial charge in [0, 0.05) is 79.2 Å². The number of para-hydroxylation sites is 10. The highest BCUT2D eigenvalue weighted by molar-refractivity contribution is 7.02. The fourth-order valence-electron chi connectivity index (χ4n) is 9.31. The summed E-state index contributed by atoms with van der Waals surface area (Å²) in [6.07, 6.45) is 1.05. The van der Waals surface area contributed by atoms with Crippen molar-refractivity contribution in [2.24, 2.45) is 7.05 Å². The Bertz CT molecular complexity index is 2710. The third-order valence-electron chi connectivity index (χ3n) is 12.6. The molecule has 12 rings (SSSR count). The summed E-state index contributed by atoms with van der Waals surface area (Å²) >= 11 is 0. The maximum atomic E-state index is 3.43. The molecule has 0 radical (unpaired) electrons. The van der Waals surface area contributed by atoms with Gasteiger partial charge in [0.15, 0.2) is 0 Å². The molecule has 5 nitrogen and oxygen atoms in total. The summed E-state index contributed by atoms with van der Waals surface area (Å²) in [5.41, 5.74) is 15.6. The number of fused-ring (bicyclic) bond motifs is 9. The van der Waals surface area contributed by atoms with Gasteiger partial charge in [-0.1, -0.05) is 147 Å².